The predicted molar refractivity (Wildman–Crippen MR) is 194 cm³/mol. The molecule has 2 aliphatic heterocycles. The fourth-order valence-corrected chi connectivity index (χ4v) is 6.89. The number of carbonyl (C=O) groups is 6. The van der Waals surface area contributed by atoms with E-state index in [1.165, 1.54) is 6.07 Å². The van der Waals surface area contributed by atoms with Crippen LogP contribution in [0.4, 0.5) is 0 Å². The maximum Gasteiger partial charge on any atom is 0.307 e. The monoisotopic (exact) mass is 742 g/mol. The quantitative estimate of drug-likeness (QED) is 0.0937. The lowest BCUT2D eigenvalue weighted by Gasteiger charge is -2.04. The number of fused-ring (bicyclic) bond motifs is 8. The SMILES string of the molecule is CC1=C(CCC(=O)O)c2cc3[nH]c(cc4[nH]c(cc5nc(cc1n2)C(C)=C5CCC(=O)O)c(CCC(=O)O)c4CC(=O)O)c(CC(=O)O)c3CCC(=O)O. The van der Waals surface area contributed by atoms with Crippen LogP contribution in [0.2, 0.25) is 0 Å². The van der Waals surface area contributed by atoms with Gasteiger partial charge in [0.25, 0.3) is 0 Å². The highest BCUT2D eigenvalue weighted by Crippen LogP contribution is 2.38. The van der Waals surface area contributed by atoms with Crippen LogP contribution in [0, 0.1) is 0 Å². The molecule has 0 amide bonds. The van der Waals surface area contributed by atoms with Crippen LogP contribution in [-0.4, -0.2) is 86.4 Å². The van der Waals surface area contributed by atoms with Crippen molar-refractivity contribution in [1.82, 2.24) is 19.9 Å². The predicted octanol–water partition coefficient (Wildman–Crippen LogP) is 5.19. The van der Waals surface area contributed by atoms with Crippen molar-refractivity contribution < 1.29 is 59.4 Å². The largest absolute Gasteiger partial charge is 0.481 e. The first kappa shape index (κ1) is 38.6. The molecule has 8 N–H and O–H groups in total. The number of aliphatic carboxylic acids is 6. The summed E-state index contributed by atoms with van der Waals surface area (Å²) in [6.45, 7) is 3.54. The maximum absolute atomic E-state index is 12.2. The molecule has 0 fully saturated rings. The molecule has 2 aliphatic rings. The Morgan fingerprint density at radius 1 is 0.444 bits per heavy atom. The molecule has 0 saturated heterocycles. The van der Waals surface area contributed by atoms with E-state index < -0.39 is 48.7 Å². The Labute approximate surface area is 306 Å². The maximum atomic E-state index is 12.2. The molecule has 0 saturated carbocycles. The molecule has 0 unspecified atom stereocenters. The van der Waals surface area contributed by atoms with Gasteiger partial charge in [0.05, 0.1) is 35.6 Å². The van der Waals surface area contributed by atoms with Gasteiger partial charge >= 0.3 is 35.8 Å². The van der Waals surface area contributed by atoms with Crippen molar-refractivity contribution in [3.63, 3.8) is 0 Å². The van der Waals surface area contributed by atoms with Crippen LogP contribution >= 0.6 is 0 Å². The number of aromatic nitrogens is 4. The van der Waals surface area contributed by atoms with Gasteiger partial charge in [-0.3, -0.25) is 28.8 Å². The number of carboxylic acid groups (broad SMARTS) is 6. The van der Waals surface area contributed by atoms with Gasteiger partial charge in [-0.15, -0.1) is 0 Å². The lowest BCUT2D eigenvalue weighted by molar-refractivity contribution is -0.138. The molecule has 5 heterocycles. The molecule has 3 aromatic heterocycles. The third-order valence-corrected chi connectivity index (χ3v) is 9.48. The second kappa shape index (κ2) is 16.0. The highest BCUT2D eigenvalue weighted by Gasteiger charge is 2.24. The molecular formula is C38H38N4O12. The smallest absolute Gasteiger partial charge is 0.307 e. The molecule has 0 aliphatic carbocycles. The highest BCUT2D eigenvalue weighted by molar-refractivity contribution is 5.97. The molecule has 5 rings (SSSR count). The van der Waals surface area contributed by atoms with Crippen LogP contribution in [-0.2, 0) is 54.5 Å². The fourth-order valence-electron chi connectivity index (χ4n) is 6.89. The van der Waals surface area contributed by atoms with E-state index in [-0.39, 0.29) is 73.5 Å². The van der Waals surface area contributed by atoms with Crippen molar-refractivity contribution in [2.24, 2.45) is 0 Å². The lowest BCUT2D eigenvalue weighted by atomic mass is 9.98. The van der Waals surface area contributed by atoms with E-state index in [0.717, 1.165) is 0 Å². The van der Waals surface area contributed by atoms with Crippen LogP contribution in [0.15, 0.2) is 24.3 Å². The Bertz CT molecular complexity index is 2190. The summed E-state index contributed by atoms with van der Waals surface area (Å²) >= 11 is 0. The minimum Gasteiger partial charge on any atom is -0.481 e. The molecule has 8 bridgehead atoms. The standard InChI is InChI=1S/C38H38N4O12/c1-17-19(3-7-33(43)44)27-14-29-21(5-9-35(47)48)23(11-37(51)52)31(41-29)16-32-24(12-38(53)54)22(6-10-36(49)50)30(42-32)15-28-20(4-8-34(45)46)18(2)26(40-28)13-25(17)39-27/h13-16,41-42H,3-12H2,1-2H3,(H,43,44)(H,45,46)(H,47,48)(H,49,50)(H,51,52)(H,53,54). The number of H-pyrrole nitrogens is 2. The van der Waals surface area contributed by atoms with Gasteiger partial charge in [-0.1, -0.05) is 0 Å². The number of nitrogens with one attached hydrogen (secondary N) is 2. The van der Waals surface area contributed by atoms with Gasteiger partial charge in [-0.05, 0) is 108 Å². The van der Waals surface area contributed by atoms with Gasteiger partial charge in [0.2, 0.25) is 0 Å². The first-order valence-electron chi connectivity index (χ1n) is 17.0. The molecule has 0 aromatic carbocycles. The van der Waals surface area contributed by atoms with Crippen LogP contribution in [0.5, 0.6) is 0 Å². The van der Waals surface area contributed by atoms with E-state index in [9.17, 15) is 59.4 Å². The summed E-state index contributed by atoms with van der Waals surface area (Å²) in [4.78, 5) is 87.3. The minimum absolute atomic E-state index is 0.0823. The van der Waals surface area contributed by atoms with Gasteiger partial charge in [0.15, 0.2) is 0 Å². The van der Waals surface area contributed by atoms with E-state index in [0.29, 0.717) is 67.2 Å². The summed E-state index contributed by atoms with van der Waals surface area (Å²) in [6.07, 6.45) is -2.29. The number of allylic oxidation sites excluding steroid dienone is 4. The van der Waals surface area contributed by atoms with Crippen molar-refractivity contribution in [3.8, 4) is 0 Å². The van der Waals surface area contributed by atoms with Crippen LogP contribution in [0.25, 0.3) is 44.4 Å². The Morgan fingerprint density at radius 3 is 1.11 bits per heavy atom. The van der Waals surface area contributed by atoms with Gasteiger partial charge in [-0.2, -0.15) is 0 Å². The summed E-state index contributed by atoms with van der Waals surface area (Å²) in [6, 6.07) is 6.40. The van der Waals surface area contributed by atoms with Crippen molar-refractivity contribution in [3.05, 3.63) is 69.3 Å². The summed E-state index contributed by atoms with van der Waals surface area (Å²) in [5.41, 5.74) is 6.27. The fraction of sp³-hybridized carbons (Fsp3) is 0.316. The molecule has 54 heavy (non-hydrogen) atoms. The summed E-state index contributed by atoms with van der Waals surface area (Å²) < 4.78 is 0. The Balaban J connectivity index is 2.01. The van der Waals surface area contributed by atoms with Crippen molar-refractivity contribution in [1.29, 1.82) is 0 Å². The summed E-state index contributed by atoms with van der Waals surface area (Å²) in [5.74, 6) is -6.82. The first-order chi connectivity index (χ1) is 25.5. The molecule has 3 aromatic rings. The second-order valence-corrected chi connectivity index (χ2v) is 13.1. The van der Waals surface area contributed by atoms with Crippen LogP contribution in [0.1, 0.15) is 97.4 Å². The Morgan fingerprint density at radius 2 is 0.778 bits per heavy atom. The normalized spacial score (nSPS) is 12.6. The Hall–Kier alpha value is -6.58. The Kier molecular flexibility index (Phi) is 11.4. The van der Waals surface area contributed by atoms with Crippen LogP contribution < -0.4 is 0 Å². The highest BCUT2D eigenvalue weighted by atomic mass is 16.4. The number of hydrogen-bond donors (Lipinski definition) is 8. The topological polar surface area (TPSA) is 281 Å². The van der Waals surface area contributed by atoms with Crippen molar-refractivity contribution >= 4 is 80.2 Å². The zero-order valence-corrected chi connectivity index (χ0v) is 29.4. The molecular weight excluding hydrogens is 704 g/mol. The first-order valence-corrected chi connectivity index (χ1v) is 17.0. The molecule has 16 heteroatoms. The van der Waals surface area contributed by atoms with Gasteiger partial charge in [-0.25, -0.2) is 9.97 Å². The van der Waals surface area contributed by atoms with Crippen molar-refractivity contribution in [2.45, 2.75) is 78.1 Å². The average Bonchev–Trinajstić information content (AvgIpc) is 3.74. The van der Waals surface area contributed by atoms with Crippen LogP contribution in [0.3, 0.4) is 0 Å². The molecule has 16 nitrogen and oxygen atoms in total. The zero-order chi connectivity index (χ0) is 39.4. The van der Waals surface area contributed by atoms with Crippen molar-refractivity contribution in [2.75, 3.05) is 0 Å². The third kappa shape index (κ3) is 8.71. The minimum atomic E-state index is -1.23. The number of nitrogens with zero attached hydrogens (tertiary/aromatic N) is 2. The van der Waals surface area contributed by atoms with E-state index in [1.54, 1.807) is 32.0 Å². The number of rotatable bonds is 16. The van der Waals surface area contributed by atoms with Gasteiger partial charge in [0.1, 0.15) is 0 Å². The zero-order valence-electron chi connectivity index (χ0n) is 29.4. The molecule has 0 radical (unpaired) electrons. The van der Waals surface area contributed by atoms with E-state index >= 15 is 0 Å². The van der Waals surface area contributed by atoms with E-state index in [2.05, 4.69) is 9.97 Å². The van der Waals surface area contributed by atoms with Gasteiger partial charge in [0, 0.05) is 47.8 Å². The van der Waals surface area contributed by atoms with Gasteiger partial charge < -0.3 is 40.6 Å². The number of aromatic amines is 2. The number of aryl methyl sites for hydroxylation is 2. The number of carboxylic acids is 6. The molecule has 0 spiro atoms. The van der Waals surface area contributed by atoms with E-state index in [4.69, 9.17) is 9.97 Å². The second-order valence-electron chi connectivity index (χ2n) is 13.1. The lowest BCUT2D eigenvalue weighted by Crippen LogP contribution is -2.05. The third-order valence-electron chi connectivity index (χ3n) is 9.48. The summed E-state index contributed by atoms with van der Waals surface area (Å²) in [5, 5.41) is 58.2. The summed E-state index contributed by atoms with van der Waals surface area (Å²) in [7, 11) is 0. The molecule has 282 valence electrons. The number of hydrogen-bond acceptors (Lipinski definition) is 8. The van der Waals surface area contributed by atoms with E-state index in [1.807, 2.05) is 0 Å². The molecule has 0 atom stereocenters. The average molecular weight is 743 g/mol.